The molecule has 0 aromatic carbocycles. The van der Waals surface area contributed by atoms with Crippen molar-refractivity contribution in [2.45, 2.75) is 13.5 Å². The van der Waals surface area contributed by atoms with Crippen LogP contribution >= 0.6 is 11.3 Å². The molecule has 6 heteroatoms. The smallest absolute Gasteiger partial charge is 0.0701 e. The average molecular weight is 317 g/mol. The fourth-order valence-corrected chi connectivity index (χ4v) is 2.49. The zero-order chi connectivity index (χ0) is 15.2. The first-order valence-corrected chi connectivity index (χ1v) is 8.18. The molecule has 1 heterocycles. The molecule has 0 saturated carbocycles. The number of hydrogen-bond acceptors (Lipinski definition) is 6. The summed E-state index contributed by atoms with van der Waals surface area (Å²) in [4.78, 5) is 1.40. The molecule has 0 fully saturated rings. The van der Waals surface area contributed by atoms with Gasteiger partial charge >= 0.3 is 0 Å². The van der Waals surface area contributed by atoms with E-state index >= 15 is 0 Å². The minimum absolute atomic E-state index is 0.600. The minimum atomic E-state index is 0.600. The summed E-state index contributed by atoms with van der Waals surface area (Å²) >= 11 is 1.79. The van der Waals surface area contributed by atoms with Gasteiger partial charge in [0.2, 0.25) is 0 Å². The maximum absolute atomic E-state index is 5.48. The molecule has 0 radical (unpaired) electrons. The zero-order valence-electron chi connectivity index (χ0n) is 13.1. The van der Waals surface area contributed by atoms with E-state index in [4.69, 9.17) is 18.9 Å². The van der Waals surface area contributed by atoms with Crippen LogP contribution in [-0.4, -0.2) is 59.9 Å². The van der Waals surface area contributed by atoms with Crippen molar-refractivity contribution in [3.63, 3.8) is 0 Å². The fraction of sp³-hybridized carbons (Fsp3) is 0.733. The van der Waals surface area contributed by atoms with Crippen LogP contribution < -0.4 is 5.32 Å². The van der Waals surface area contributed by atoms with Crippen molar-refractivity contribution in [3.8, 4) is 0 Å². The van der Waals surface area contributed by atoms with Crippen LogP contribution in [0.2, 0.25) is 0 Å². The SMILES string of the molecule is COCCOCCOCCOCCNCc1sccc1C. The highest BCUT2D eigenvalue weighted by Gasteiger charge is 1.98. The predicted octanol–water partition coefficient (Wildman–Crippen LogP) is 1.84. The normalized spacial score (nSPS) is 11.1. The summed E-state index contributed by atoms with van der Waals surface area (Å²) in [5.41, 5.74) is 1.36. The molecule has 1 aromatic heterocycles. The Kier molecular flexibility index (Phi) is 11.6. The first kappa shape index (κ1) is 18.5. The lowest BCUT2D eigenvalue weighted by Gasteiger charge is -2.07. The van der Waals surface area contributed by atoms with Gasteiger partial charge in [-0.15, -0.1) is 11.3 Å². The number of hydrogen-bond donors (Lipinski definition) is 1. The zero-order valence-corrected chi connectivity index (χ0v) is 13.9. The van der Waals surface area contributed by atoms with Crippen LogP contribution in [0.4, 0.5) is 0 Å². The van der Waals surface area contributed by atoms with Crippen LogP contribution in [0.25, 0.3) is 0 Å². The summed E-state index contributed by atoms with van der Waals surface area (Å²) in [6.45, 7) is 8.30. The Morgan fingerprint density at radius 1 is 0.952 bits per heavy atom. The van der Waals surface area contributed by atoms with Gasteiger partial charge in [-0.3, -0.25) is 0 Å². The highest BCUT2D eigenvalue weighted by molar-refractivity contribution is 7.10. The van der Waals surface area contributed by atoms with E-state index in [-0.39, 0.29) is 0 Å². The molecule has 1 rings (SSSR count). The molecule has 21 heavy (non-hydrogen) atoms. The van der Waals surface area contributed by atoms with Gasteiger partial charge in [0.05, 0.1) is 46.2 Å². The van der Waals surface area contributed by atoms with Crippen LogP contribution in [0.1, 0.15) is 10.4 Å². The van der Waals surface area contributed by atoms with Gasteiger partial charge in [0.25, 0.3) is 0 Å². The number of rotatable bonds is 14. The summed E-state index contributed by atoms with van der Waals surface area (Å²) in [5.74, 6) is 0. The largest absolute Gasteiger partial charge is 0.382 e. The van der Waals surface area contributed by atoms with Crippen LogP contribution in [0.15, 0.2) is 11.4 Å². The fourth-order valence-electron chi connectivity index (χ4n) is 1.62. The van der Waals surface area contributed by atoms with E-state index in [1.807, 2.05) is 0 Å². The topological polar surface area (TPSA) is 49.0 Å². The highest BCUT2D eigenvalue weighted by atomic mass is 32.1. The van der Waals surface area contributed by atoms with Crippen molar-refractivity contribution in [2.24, 2.45) is 0 Å². The molecule has 0 unspecified atom stereocenters. The summed E-state index contributed by atoms with van der Waals surface area (Å²) in [6.07, 6.45) is 0. The molecule has 0 aliphatic heterocycles. The molecule has 5 nitrogen and oxygen atoms in total. The molecular formula is C15H27NO4S. The third-order valence-corrected chi connectivity index (χ3v) is 3.88. The number of methoxy groups -OCH3 is 1. The summed E-state index contributed by atoms with van der Waals surface area (Å²) < 4.78 is 21.0. The van der Waals surface area contributed by atoms with Crippen LogP contribution in [0, 0.1) is 6.92 Å². The minimum Gasteiger partial charge on any atom is -0.382 e. The van der Waals surface area contributed by atoms with Gasteiger partial charge in [-0.1, -0.05) is 0 Å². The van der Waals surface area contributed by atoms with Gasteiger partial charge in [0.15, 0.2) is 0 Å². The lowest BCUT2D eigenvalue weighted by Crippen LogP contribution is -2.20. The third-order valence-electron chi connectivity index (χ3n) is 2.85. The Morgan fingerprint density at radius 3 is 2.14 bits per heavy atom. The molecule has 0 aliphatic carbocycles. The molecular weight excluding hydrogens is 290 g/mol. The standard InChI is InChI=1S/C15H27NO4S/c1-14-3-12-21-15(14)13-16-4-5-18-8-9-20-11-10-19-7-6-17-2/h3,12,16H,4-11,13H2,1-2H3. The second-order valence-corrected chi connectivity index (χ2v) is 5.53. The van der Waals surface area contributed by atoms with Gasteiger partial charge in [-0.25, -0.2) is 0 Å². The first-order chi connectivity index (χ1) is 10.3. The Balaban J connectivity index is 1.76. The molecule has 0 aliphatic rings. The van der Waals surface area contributed by atoms with Crippen molar-refractivity contribution in [1.29, 1.82) is 0 Å². The quantitative estimate of drug-likeness (QED) is 0.531. The second-order valence-electron chi connectivity index (χ2n) is 4.53. The van der Waals surface area contributed by atoms with Crippen molar-refractivity contribution >= 4 is 11.3 Å². The second kappa shape index (κ2) is 13.2. The highest BCUT2D eigenvalue weighted by Crippen LogP contribution is 2.14. The van der Waals surface area contributed by atoms with Crippen molar-refractivity contribution in [3.05, 3.63) is 21.9 Å². The molecule has 0 saturated heterocycles. The van der Waals surface area contributed by atoms with Gasteiger partial charge in [-0.05, 0) is 23.9 Å². The summed E-state index contributed by atoms with van der Waals surface area (Å²) in [7, 11) is 1.66. The van der Waals surface area contributed by atoms with E-state index < -0.39 is 0 Å². The summed E-state index contributed by atoms with van der Waals surface area (Å²) in [5, 5.41) is 5.50. The Labute approximate surface area is 131 Å². The maximum atomic E-state index is 5.48. The summed E-state index contributed by atoms with van der Waals surface area (Å²) in [6, 6.07) is 2.15. The Bertz CT molecular complexity index is 346. The number of ether oxygens (including phenoxy) is 4. The van der Waals surface area contributed by atoms with Crippen LogP contribution in [0.3, 0.4) is 0 Å². The number of nitrogens with one attached hydrogen (secondary N) is 1. The predicted molar refractivity (Wildman–Crippen MR) is 85.1 cm³/mol. The van der Waals surface area contributed by atoms with E-state index in [1.165, 1.54) is 10.4 Å². The van der Waals surface area contributed by atoms with E-state index in [1.54, 1.807) is 18.4 Å². The van der Waals surface area contributed by atoms with Crippen molar-refractivity contribution in [1.82, 2.24) is 5.32 Å². The lowest BCUT2D eigenvalue weighted by atomic mass is 10.3. The molecule has 122 valence electrons. The van der Waals surface area contributed by atoms with Gasteiger partial charge in [0, 0.05) is 25.1 Å². The van der Waals surface area contributed by atoms with Gasteiger partial charge < -0.3 is 24.3 Å². The first-order valence-electron chi connectivity index (χ1n) is 7.30. The van der Waals surface area contributed by atoms with E-state index in [0.717, 1.165) is 13.1 Å². The Hall–Kier alpha value is -0.500. The molecule has 1 aromatic rings. The molecule has 1 N–H and O–H groups in total. The molecule has 0 spiro atoms. The molecule has 0 bridgehead atoms. The van der Waals surface area contributed by atoms with Crippen LogP contribution in [-0.2, 0) is 25.5 Å². The van der Waals surface area contributed by atoms with E-state index in [0.29, 0.717) is 46.2 Å². The molecule has 0 atom stereocenters. The monoisotopic (exact) mass is 317 g/mol. The lowest BCUT2D eigenvalue weighted by molar-refractivity contribution is 0.00409. The average Bonchev–Trinajstić information content (AvgIpc) is 2.89. The van der Waals surface area contributed by atoms with E-state index in [2.05, 4.69) is 23.7 Å². The number of aryl methyl sites for hydroxylation is 1. The van der Waals surface area contributed by atoms with Crippen molar-refractivity contribution < 1.29 is 18.9 Å². The van der Waals surface area contributed by atoms with Crippen LogP contribution in [0.5, 0.6) is 0 Å². The van der Waals surface area contributed by atoms with Gasteiger partial charge in [-0.2, -0.15) is 0 Å². The van der Waals surface area contributed by atoms with Crippen molar-refractivity contribution in [2.75, 3.05) is 59.9 Å². The Morgan fingerprint density at radius 2 is 1.57 bits per heavy atom. The molecule has 0 amide bonds. The third kappa shape index (κ3) is 9.95. The maximum Gasteiger partial charge on any atom is 0.0701 e. The van der Waals surface area contributed by atoms with Gasteiger partial charge in [0.1, 0.15) is 0 Å². The number of thiophene rings is 1. The van der Waals surface area contributed by atoms with E-state index in [9.17, 15) is 0 Å².